The molecule has 0 saturated heterocycles. The second kappa shape index (κ2) is 10.8. The quantitative estimate of drug-likeness (QED) is 0.316. The van der Waals surface area contributed by atoms with Crippen LogP contribution in [0.4, 0.5) is 0 Å². The van der Waals surface area contributed by atoms with Gasteiger partial charge < -0.3 is 14.6 Å². The number of benzene rings is 2. The Labute approximate surface area is 176 Å². The predicted molar refractivity (Wildman–Crippen MR) is 114 cm³/mol. The third kappa shape index (κ3) is 5.60. The minimum absolute atomic E-state index is 0.0888. The molecule has 30 heavy (non-hydrogen) atoms. The molecule has 0 bridgehead atoms. The van der Waals surface area contributed by atoms with E-state index in [1.807, 2.05) is 30.3 Å². The van der Waals surface area contributed by atoms with Crippen LogP contribution in [-0.4, -0.2) is 54.5 Å². The Bertz CT molecular complexity index is 866. The summed E-state index contributed by atoms with van der Waals surface area (Å²) in [5.74, 6) is 1.02. The van der Waals surface area contributed by atoms with Crippen molar-refractivity contribution in [2.24, 2.45) is 0 Å². The van der Waals surface area contributed by atoms with E-state index in [0.29, 0.717) is 19.7 Å². The Hall–Kier alpha value is -2.87. The topological polar surface area (TPSA) is 91.3 Å². The zero-order valence-corrected chi connectivity index (χ0v) is 17.1. The third-order valence-electron chi connectivity index (χ3n) is 5.29. The lowest BCUT2D eigenvalue weighted by atomic mass is 10.0. The highest BCUT2D eigenvalue weighted by Gasteiger charge is 2.27. The van der Waals surface area contributed by atoms with E-state index < -0.39 is 5.91 Å². The minimum Gasteiger partial charge on any atom is -0.497 e. The Morgan fingerprint density at radius 1 is 1.20 bits per heavy atom. The Kier molecular flexibility index (Phi) is 7.84. The van der Waals surface area contributed by atoms with Crippen LogP contribution in [0.3, 0.4) is 0 Å². The van der Waals surface area contributed by atoms with E-state index in [1.54, 1.807) is 18.7 Å². The second-order valence-electron chi connectivity index (χ2n) is 7.11. The fraction of sp³-hybridized carbons (Fsp3) is 0.348. The summed E-state index contributed by atoms with van der Waals surface area (Å²) in [6.07, 6.45) is 4.88. The number of methoxy groups -OCH3 is 1. The molecule has 1 atom stereocenters. The van der Waals surface area contributed by atoms with Crippen LogP contribution in [0, 0.1) is 0 Å². The first-order valence-corrected chi connectivity index (χ1v) is 10.0. The van der Waals surface area contributed by atoms with Gasteiger partial charge in [-0.1, -0.05) is 18.2 Å². The van der Waals surface area contributed by atoms with Crippen molar-refractivity contribution in [2.75, 3.05) is 33.4 Å². The van der Waals surface area contributed by atoms with Gasteiger partial charge in [0, 0.05) is 25.2 Å². The maximum atomic E-state index is 11.2. The molecule has 7 heteroatoms. The number of rotatable bonds is 10. The molecule has 1 unspecified atom stereocenters. The molecule has 1 aliphatic rings. The summed E-state index contributed by atoms with van der Waals surface area (Å²) >= 11 is 0. The number of carbonyl (C=O) groups is 1. The standard InChI is InChI=1S/C23H28N2O5/c1-29-19-5-7-20(8-6-19)30-15-13-25(12-14-26)22-10-4-18-16-17(2-9-21(18)22)3-11-23(27)24-28/h2-3,5-9,11,16,22,26,28H,4,10,12-15H2,1H3,(H,24,27). The number of fused-ring (bicyclic) bond motifs is 1. The van der Waals surface area contributed by atoms with Crippen molar-refractivity contribution < 1.29 is 24.6 Å². The van der Waals surface area contributed by atoms with Crippen LogP contribution < -0.4 is 15.0 Å². The number of amides is 1. The molecule has 7 nitrogen and oxygen atoms in total. The summed E-state index contributed by atoms with van der Waals surface area (Å²) < 4.78 is 11.0. The van der Waals surface area contributed by atoms with E-state index in [2.05, 4.69) is 17.0 Å². The first-order chi connectivity index (χ1) is 14.6. The first-order valence-electron chi connectivity index (χ1n) is 10.0. The molecule has 0 heterocycles. The van der Waals surface area contributed by atoms with Crippen LogP contribution in [0.15, 0.2) is 48.5 Å². The van der Waals surface area contributed by atoms with Gasteiger partial charge in [0.15, 0.2) is 0 Å². The summed E-state index contributed by atoms with van der Waals surface area (Å²) in [7, 11) is 1.63. The highest BCUT2D eigenvalue weighted by molar-refractivity contribution is 5.90. The summed E-state index contributed by atoms with van der Waals surface area (Å²) in [5, 5.41) is 18.1. The number of aliphatic hydroxyl groups is 1. The molecule has 0 saturated carbocycles. The average molecular weight is 412 g/mol. The number of hydroxylamine groups is 1. The summed E-state index contributed by atoms with van der Waals surface area (Å²) in [4.78, 5) is 13.4. The van der Waals surface area contributed by atoms with Gasteiger partial charge in [0.1, 0.15) is 18.1 Å². The monoisotopic (exact) mass is 412 g/mol. The molecule has 160 valence electrons. The minimum atomic E-state index is -0.556. The molecule has 0 aromatic heterocycles. The number of aliphatic hydroxyl groups excluding tert-OH is 1. The van der Waals surface area contributed by atoms with Crippen molar-refractivity contribution in [1.29, 1.82) is 0 Å². The van der Waals surface area contributed by atoms with Crippen molar-refractivity contribution in [1.82, 2.24) is 10.4 Å². The highest BCUT2D eigenvalue weighted by Crippen LogP contribution is 2.36. The summed E-state index contributed by atoms with van der Waals surface area (Å²) in [6, 6.07) is 13.8. The van der Waals surface area contributed by atoms with E-state index in [9.17, 15) is 9.90 Å². The van der Waals surface area contributed by atoms with E-state index in [4.69, 9.17) is 14.7 Å². The van der Waals surface area contributed by atoms with Gasteiger partial charge in [-0.25, -0.2) is 5.48 Å². The number of aryl methyl sites for hydroxylation is 1. The lowest BCUT2D eigenvalue weighted by Crippen LogP contribution is -2.34. The Balaban J connectivity index is 1.62. The van der Waals surface area contributed by atoms with E-state index in [-0.39, 0.29) is 12.6 Å². The lowest BCUT2D eigenvalue weighted by molar-refractivity contribution is -0.124. The molecule has 1 amide bonds. The number of ether oxygens (including phenoxy) is 2. The maximum Gasteiger partial charge on any atom is 0.267 e. The average Bonchev–Trinajstić information content (AvgIpc) is 3.20. The molecule has 2 aromatic rings. The van der Waals surface area contributed by atoms with Gasteiger partial charge in [-0.3, -0.25) is 14.9 Å². The van der Waals surface area contributed by atoms with Gasteiger partial charge in [-0.05, 0) is 59.9 Å². The maximum absolute atomic E-state index is 11.2. The van der Waals surface area contributed by atoms with Crippen LogP contribution >= 0.6 is 0 Å². The molecule has 0 fully saturated rings. The van der Waals surface area contributed by atoms with Crippen molar-refractivity contribution >= 4 is 12.0 Å². The summed E-state index contributed by atoms with van der Waals surface area (Å²) in [6.45, 7) is 1.89. The number of hydrogen-bond acceptors (Lipinski definition) is 6. The van der Waals surface area contributed by atoms with Crippen LogP contribution in [0.1, 0.15) is 29.2 Å². The van der Waals surface area contributed by atoms with Crippen LogP contribution in [-0.2, 0) is 11.2 Å². The SMILES string of the molecule is COc1ccc(OCCN(CCO)C2CCc3cc(C=CC(=O)NO)ccc32)cc1. The van der Waals surface area contributed by atoms with E-state index in [1.165, 1.54) is 17.2 Å². The van der Waals surface area contributed by atoms with Crippen LogP contribution in [0.2, 0.25) is 0 Å². The van der Waals surface area contributed by atoms with Crippen molar-refractivity contribution in [3.05, 3.63) is 65.2 Å². The molecule has 1 aliphatic carbocycles. The fourth-order valence-corrected chi connectivity index (χ4v) is 3.81. The van der Waals surface area contributed by atoms with Crippen molar-refractivity contribution in [2.45, 2.75) is 18.9 Å². The molecule has 0 spiro atoms. The van der Waals surface area contributed by atoms with Crippen molar-refractivity contribution in [3.63, 3.8) is 0 Å². The Morgan fingerprint density at radius 2 is 1.97 bits per heavy atom. The lowest BCUT2D eigenvalue weighted by Gasteiger charge is -2.29. The number of hydrogen-bond donors (Lipinski definition) is 3. The zero-order valence-electron chi connectivity index (χ0n) is 17.1. The number of nitrogens with zero attached hydrogens (tertiary/aromatic N) is 1. The molecular formula is C23H28N2O5. The largest absolute Gasteiger partial charge is 0.497 e. The van der Waals surface area contributed by atoms with Crippen LogP contribution in [0.5, 0.6) is 11.5 Å². The van der Waals surface area contributed by atoms with Gasteiger partial charge >= 0.3 is 0 Å². The van der Waals surface area contributed by atoms with E-state index in [0.717, 1.165) is 29.9 Å². The van der Waals surface area contributed by atoms with Gasteiger partial charge in [0.05, 0.1) is 13.7 Å². The fourth-order valence-electron chi connectivity index (χ4n) is 3.81. The normalized spacial score (nSPS) is 15.4. The zero-order chi connectivity index (χ0) is 21.3. The highest BCUT2D eigenvalue weighted by atomic mass is 16.5. The molecule has 3 rings (SSSR count). The Morgan fingerprint density at radius 3 is 2.67 bits per heavy atom. The molecular weight excluding hydrogens is 384 g/mol. The predicted octanol–water partition coefficient (Wildman–Crippen LogP) is 2.57. The van der Waals surface area contributed by atoms with Crippen molar-refractivity contribution in [3.8, 4) is 11.5 Å². The number of carbonyl (C=O) groups excluding carboxylic acids is 1. The summed E-state index contributed by atoms with van der Waals surface area (Å²) in [5.41, 5.74) is 4.99. The first kappa shape index (κ1) is 21.8. The van der Waals surface area contributed by atoms with E-state index >= 15 is 0 Å². The van der Waals surface area contributed by atoms with Gasteiger partial charge in [-0.2, -0.15) is 0 Å². The molecule has 0 aliphatic heterocycles. The molecule has 0 radical (unpaired) electrons. The molecule has 3 N–H and O–H groups in total. The van der Waals surface area contributed by atoms with Crippen LogP contribution in [0.25, 0.3) is 6.08 Å². The smallest absolute Gasteiger partial charge is 0.267 e. The second-order valence-corrected chi connectivity index (χ2v) is 7.11. The van der Waals surface area contributed by atoms with Gasteiger partial charge in [0.25, 0.3) is 5.91 Å². The molecule has 2 aromatic carbocycles. The van der Waals surface area contributed by atoms with Gasteiger partial charge in [-0.15, -0.1) is 0 Å². The third-order valence-corrected chi connectivity index (χ3v) is 5.29. The number of nitrogens with one attached hydrogen (secondary N) is 1. The van der Waals surface area contributed by atoms with Gasteiger partial charge in [0.2, 0.25) is 0 Å².